The van der Waals surface area contributed by atoms with Crippen molar-refractivity contribution in [2.45, 2.75) is 24.7 Å². The van der Waals surface area contributed by atoms with Gasteiger partial charge < -0.3 is 5.32 Å². The molecule has 3 heterocycles. The minimum absolute atomic E-state index is 0.0782. The first-order chi connectivity index (χ1) is 17.2. The van der Waals surface area contributed by atoms with Crippen LogP contribution in [0.3, 0.4) is 0 Å². The van der Waals surface area contributed by atoms with Gasteiger partial charge in [0.25, 0.3) is 0 Å². The standard InChI is InChI=1S/C25H24Cl3N5O2S/c1-16-13-30-33-24(12-22(31-25(16)33)19-6-2-3-7-20(19)27)29-14-17-5-4-10-32(15-17)36(34,35)23-9-8-18(26)11-21(23)28/h2-3,6-9,11-13,17,29H,4-5,10,14-15H2,1H3. The van der Waals surface area contributed by atoms with Crippen molar-refractivity contribution in [3.05, 3.63) is 75.4 Å². The lowest BCUT2D eigenvalue weighted by Gasteiger charge is -2.32. The lowest BCUT2D eigenvalue weighted by atomic mass is 10.00. The number of hydrogen-bond acceptors (Lipinski definition) is 5. The summed E-state index contributed by atoms with van der Waals surface area (Å²) in [7, 11) is -3.73. The van der Waals surface area contributed by atoms with Gasteiger partial charge in [-0.1, -0.05) is 53.0 Å². The Bertz CT molecular complexity index is 1540. The zero-order valence-corrected chi connectivity index (χ0v) is 22.5. The number of piperidine rings is 1. The van der Waals surface area contributed by atoms with Gasteiger partial charge in [0, 0.05) is 46.9 Å². The zero-order valence-electron chi connectivity index (χ0n) is 19.5. The molecule has 1 atom stereocenters. The van der Waals surface area contributed by atoms with E-state index in [1.165, 1.54) is 16.4 Å². The fourth-order valence-electron chi connectivity index (χ4n) is 4.49. The summed E-state index contributed by atoms with van der Waals surface area (Å²) < 4.78 is 29.9. The molecule has 0 spiro atoms. The van der Waals surface area contributed by atoms with Gasteiger partial charge >= 0.3 is 0 Å². The summed E-state index contributed by atoms with van der Waals surface area (Å²) in [6.45, 7) is 3.37. The van der Waals surface area contributed by atoms with Crippen molar-refractivity contribution in [2.75, 3.05) is 25.0 Å². The van der Waals surface area contributed by atoms with Gasteiger partial charge in [0.05, 0.1) is 16.9 Å². The number of sulfonamides is 1. The summed E-state index contributed by atoms with van der Waals surface area (Å²) in [5.41, 5.74) is 3.26. The molecule has 11 heteroatoms. The topological polar surface area (TPSA) is 79.6 Å². The second-order valence-corrected chi connectivity index (χ2v) is 12.1. The molecule has 4 aromatic rings. The average molecular weight is 565 g/mol. The van der Waals surface area contributed by atoms with E-state index in [1.54, 1.807) is 16.8 Å². The Morgan fingerprint density at radius 1 is 1.08 bits per heavy atom. The molecule has 5 rings (SSSR count). The summed E-state index contributed by atoms with van der Waals surface area (Å²) in [5.74, 6) is 0.868. The third kappa shape index (κ3) is 4.93. The van der Waals surface area contributed by atoms with Crippen LogP contribution in [-0.2, 0) is 10.0 Å². The van der Waals surface area contributed by atoms with E-state index >= 15 is 0 Å². The zero-order chi connectivity index (χ0) is 25.4. The first-order valence-corrected chi connectivity index (χ1v) is 14.1. The summed E-state index contributed by atoms with van der Waals surface area (Å²) in [6, 6.07) is 14.0. The van der Waals surface area contributed by atoms with E-state index in [2.05, 4.69) is 10.4 Å². The van der Waals surface area contributed by atoms with Crippen molar-refractivity contribution in [2.24, 2.45) is 5.92 Å². The number of rotatable bonds is 6. The van der Waals surface area contributed by atoms with Crippen molar-refractivity contribution >= 4 is 56.3 Å². The molecule has 36 heavy (non-hydrogen) atoms. The van der Waals surface area contributed by atoms with Gasteiger partial charge in [-0.3, -0.25) is 0 Å². The summed E-state index contributed by atoms with van der Waals surface area (Å²) in [5, 5.41) is 9.10. The number of anilines is 1. The van der Waals surface area contributed by atoms with Crippen LogP contribution in [0.5, 0.6) is 0 Å². The van der Waals surface area contributed by atoms with Crippen LogP contribution in [0.4, 0.5) is 5.82 Å². The van der Waals surface area contributed by atoms with Crippen LogP contribution in [0, 0.1) is 12.8 Å². The first kappa shape index (κ1) is 25.3. The van der Waals surface area contributed by atoms with Crippen LogP contribution < -0.4 is 5.32 Å². The monoisotopic (exact) mass is 563 g/mol. The van der Waals surface area contributed by atoms with Crippen LogP contribution in [-0.4, -0.2) is 47.0 Å². The van der Waals surface area contributed by atoms with E-state index in [1.807, 2.05) is 37.3 Å². The smallest absolute Gasteiger partial charge is 0.244 e. The highest BCUT2D eigenvalue weighted by Crippen LogP contribution is 2.32. The van der Waals surface area contributed by atoms with Gasteiger partial charge in [0.15, 0.2) is 5.65 Å². The molecule has 1 N–H and O–H groups in total. The minimum atomic E-state index is -3.73. The molecule has 2 aromatic heterocycles. The number of benzene rings is 2. The highest BCUT2D eigenvalue weighted by Gasteiger charge is 2.31. The second-order valence-electron chi connectivity index (χ2n) is 8.90. The fraction of sp³-hybridized carbons (Fsp3) is 0.280. The maximum atomic E-state index is 13.3. The SMILES string of the molecule is Cc1cnn2c(NCC3CCCN(S(=O)(=O)c4ccc(Cl)cc4Cl)C3)cc(-c3ccccc3Cl)nc12. The number of hydrogen-bond donors (Lipinski definition) is 1. The molecule has 188 valence electrons. The van der Waals surface area contributed by atoms with Crippen molar-refractivity contribution in [1.29, 1.82) is 0 Å². The van der Waals surface area contributed by atoms with Crippen molar-refractivity contribution in [3.8, 4) is 11.3 Å². The molecule has 7 nitrogen and oxygen atoms in total. The van der Waals surface area contributed by atoms with Gasteiger partial charge in [-0.25, -0.2) is 13.4 Å². The molecule has 0 saturated carbocycles. The Labute approximate surface area is 225 Å². The molecule has 1 unspecified atom stereocenters. The molecule has 1 aliphatic heterocycles. The summed E-state index contributed by atoms with van der Waals surface area (Å²) >= 11 is 18.6. The Morgan fingerprint density at radius 2 is 1.89 bits per heavy atom. The Balaban J connectivity index is 1.38. The van der Waals surface area contributed by atoms with E-state index in [9.17, 15) is 8.42 Å². The number of nitrogens with one attached hydrogen (secondary N) is 1. The van der Waals surface area contributed by atoms with Gasteiger partial charge in [-0.05, 0) is 49.9 Å². The molecule has 0 aliphatic carbocycles. The maximum Gasteiger partial charge on any atom is 0.244 e. The molecular formula is C25H24Cl3N5O2S. The maximum absolute atomic E-state index is 13.3. The lowest BCUT2D eigenvalue weighted by molar-refractivity contribution is 0.275. The predicted molar refractivity (Wildman–Crippen MR) is 145 cm³/mol. The van der Waals surface area contributed by atoms with E-state index in [0.717, 1.165) is 41.1 Å². The van der Waals surface area contributed by atoms with Gasteiger partial charge in [0.1, 0.15) is 10.7 Å². The number of nitrogens with zero attached hydrogens (tertiary/aromatic N) is 4. The van der Waals surface area contributed by atoms with Gasteiger partial charge in [-0.15, -0.1) is 0 Å². The van der Waals surface area contributed by atoms with Crippen LogP contribution in [0.25, 0.3) is 16.9 Å². The summed E-state index contributed by atoms with van der Waals surface area (Å²) in [6.07, 6.45) is 3.43. The van der Waals surface area contributed by atoms with E-state index in [-0.39, 0.29) is 15.8 Å². The molecule has 1 saturated heterocycles. The predicted octanol–water partition coefficient (Wildman–Crippen LogP) is 6.18. The number of fused-ring (bicyclic) bond motifs is 1. The second kappa shape index (κ2) is 10.2. The number of aryl methyl sites for hydroxylation is 1. The molecule has 1 fully saturated rings. The Morgan fingerprint density at radius 3 is 2.67 bits per heavy atom. The molecule has 2 aromatic carbocycles. The van der Waals surface area contributed by atoms with Crippen LogP contribution in [0.2, 0.25) is 15.1 Å². The lowest BCUT2D eigenvalue weighted by Crippen LogP contribution is -2.41. The Kier molecular flexibility index (Phi) is 7.16. The third-order valence-corrected chi connectivity index (χ3v) is 9.28. The van der Waals surface area contributed by atoms with E-state index < -0.39 is 10.0 Å². The molecule has 1 aliphatic rings. The fourth-order valence-corrected chi connectivity index (χ4v) is 7.02. The van der Waals surface area contributed by atoms with E-state index in [0.29, 0.717) is 29.7 Å². The van der Waals surface area contributed by atoms with Gasteiger partial charge in [-0.2, -0.15) is 13.9 Å². The largest absolute Gasteiger partial charge is 0.370 e. The summed E-state index contributed by atoms with van der Waals surface area (Å²) in [4.78, 5) is 4.86. The third-order valence-electron chi connectivity index (χ3n) is 6.36. The highest BCUT2D eigenvalue weighted by atomic mass is 35.5. The number of halogens is 3. The van der Waals surface area contributed by atoms with Crippen molar-refractivity contribution in [1.82, 2.24) is 18.9 Å². The average Bonchev–Trinajstić information content (AvgIpc) is 3.23. The normalized spacial score (nSPS) is 16.9. The van der Waals surface area contributed by atoms with Gasteiger partial charge in [0.2, 0.25) is 10.0 Å². The molecule has 0 amide bonds. The van der Waals surface area contributed by atoms with Crippen LogP contribution in [0.15, 0.2) is 59.6 Å². The number of aromatic nitrogens is 3. The van der Waals surface area contributed by atoms with Crippen LogP contribution in [0.1, 0.15) is 18.4 Å². The Hall–Kier alpha value is -2.36. The quantitative estimate of drug-likeness (QED) is 0.303. The minimum Gasteiger partial charge on any atom is -0.370 e. The molecule has 0 radical (unpaired) electrons. The van der Waals surface area contributed by atoms with E-state index in [4.69, 9.17) is 39.8 Å². The molecule has 0 bridgehead atoms. The van der Waals surface area contributed by atoms with Crippen molar-refractivity contribution in [3.63, 3.8) is 0 Å². The van der Waals surface area contributed by atoms with Crippen LogP contribution >= 0.6 is 34.8 Å². The molecular weight excluding hydrogens is 541 g/mol. The first-order valence-electron chi connectivity index (χ1n) is 11.5. The van der Waals surface area contributed by atoms with Crippen molar-refractivity contribution < 1.29 is 8.42 Å². The highest BCUT2D eigenvalue weighted by molar-refractivity contribution is 7.89.